The van der Waals surface area contributed by atoms with Gasteiger partial charge in [0.1, 0.15) is 6.54 Å². The number of halogens is 3. The fraction of sp³-hybridized carbons (Fsp3) is 0.556. The van der Waals surface area contributed by atoms with Gasteiger partial charge in [-0.15, -0.1) is 0 Å². The van der Waals surface area contributed by atoms with Gasteiger partial charge in [0, 0.05) is 12.5 Å². The molecule has 0 aromatic heterocycles. The largest absolute Gasteiger partial charge is 0.480 e. The van der Waals surface area contributed by atoms with Crippen molar-refractivity contribution in [3.05, 3.63) is 35.9 Å². The van der Waals surface area contributed by atoms with Crippen LogP contribution in [-0.4, -0.2) is 41.1 Å². The number of benzene rings is 1. The van der Waals surface area contributed by atoms with Gasteiger partial charge in [0.05, 0.1) is 5.92 Å². The number of rotatable bonds is 6. The van der Waals surface area contributed by atoms with Crippen molar-refractivity contribution in [1.82, 2.24) is 4.90 Å². The standard InChI is InChI=1S/C18H22F3NO3/c19-18(20,21)15-8-4-7-14(11-15)17(25)22(12-16(23)24)10-9-13-5-2-1-3-6-13/h1-3,5-6,14-15H,4,7-12H2,(H,23,24). The van der Waals surface area contributed by atoms with Gasteiger partial charge >= 0.3 is 12.1 Å². The summed E-state index contributed by atoms with van der Waals surface area (Å²) < 4.78 is 38.8. The van der Waals surface area contributed by atoms with Crippen LogP contribution in [0.3, 0.4) is 0 Å². The molecule has 25 heavy (non-hydrogen) atoms. The summed E-state index contributed by atoms with van der Waals surface area (Å²) in [7, 11) is 0. The van der Waals surface area contributed by atoms with Crippen molar-refractivity contribution in [2.24, 2.45) is 11.8 Å². The summed E-state index contributed by atoms with van der Waals surface area (Å²) in [6.45, 7) is -0.304. The van der Waals surface area contributed by atoms with E-state index in [-0.39, 0.29) is 19.4 Å². The Kier molecular flexibility index (Phi) is 6.45. The first-order valence-electron chi connectivity index (χ1n) is 8.38. The van der Waals surface area contributed by atoms with Crippen LogP contribution in [0.5, 0.6) is 0 Å². The Morgan fingerprint density at radius 3 is 2.44 bits per heavy atom. The van der Waals surface area contributed by atoms with E-state index >= 15 is 0 Å². The maximum atomic E-state index is 12.9. The molecule has 7 heteroatoms. The van der Waals surface area contributed by atoms with Gasteiger partial charge in [-0.3, -0.25) is 9.59 Å². The molecule has 2 rings (SSSR count). The van der Waals surface area contributed by atoms with Gasteiger partial charge in [-0.25, -0.2) is 0 Å². The predicted octanol–water partition coefficient (Wildman–Crippen LogP) is 3.51. The molecular formula is C18H22F3NO3. The summed E-state index contributed by atoms with van der Waals surface area (Å²) >= 11 is 0. The van der Waals surface area contributed by atoms with Crippen molar-refractivity contribution in [3.8, 4) is 0 Å². The number of carbonyl (C=O) groups excluding carboxylic acids is 1. The van der Waals surface area contributed by atoms with Gasteiger partial charge in [-0.05, 0) is 31.2 Å². The van der Waals surface area contributed by atoms with Crippen LogP contribution in [0.2, 0.25) is 0 Å². The van der Waals surface area contributed by atoms with Crippen molar-refractivity contribution in [1.29, 1.82) is 0 Å². The minimum atomic E-state index is -4.30. The fourth-order valence-corrected chi connectivity index (χ4v) is 3.31. The van der Waals surface area contributed by atoms with Crippen molar-refractivity contribution < 1.29 is 27.9 Å². The lowest BCUT2D eigenvalue weighted by molar-refractivity contribution is -0.187. The van der Waals surface area contributed by atoms with Gasteiger partial charge in [-0.2, -0.15) is 13.2 Å². The molecule has 1 N–H and O–H groups in total. The first kappa shape index (κ1) is 19.3. The highest BCUT2D eigenvalue weighted by atomic mass is 19.4. The average molecular weight is 357 g/mol. The highest BCUT2D eigenvalue weighted by molar-refractivity contribution is 5.83. The second-order valence-corrected chi connectivity index (χ2v) is 6.49. The van der Waals surface area contributed by atoms with E-state index in [1.165, 1.54) is 4.90 Å². The minimum absolute atomic E-state index is 0.0379. The van der Waals surface area contributed by atoms with Crippen LogP contribution in [0.1, 0.15) is 31.2 Å². The van der Waals surface area contributed by atoms with E-state index < -0.39 is 36.4 Å². The maximum Gasteiger partial charge on any atom is 0.391 e. The van der Waals surface area contributed by atoms with Crippen LogP contribution in [0.15, 0.2) is 30.3 Å². The lowest BCUT2D eigenvalue weighted by Crippen LogP contribution is -2.43. The third-order valence-electron chi connectivity index (χ3n) is 4.64. The summed E-state index contributed by atoms with van der Waals surface area (Å²) in [4.78, 5) is 24.9. The molecule has 0 spiro atoms. The van der Waals surface area contributed by atoms with E-state index in [4.69, 9.17) is 5.11 Å². The summed E-state index contributed by atoms with van der Waals surface area (Å²) in [6.07, 6.45) is -3.33. The van der Waals surface area contributed by atoms with E-state index in [0.29, 0.717) is 19.3 Å². The van der Waals surface area contributed by atoms with Crippen LogP contribution < -0.4 is 0 Å². The molecule has 1 saturated carbocycles. The molecule has 1 aromatic carbocycles. The summed E-state index contributed by atoms with van der Waals surface area (Å²) in [5.74, 6) is -3.87. The van der Waals surface area contributed by atoms with E-state index in [0.717, 1.165) is 5.56 Å². The van der Waals surface area contributed by atoms with E-state index in [1.807, 2.05) is 30.3 Å². The number of alkyl halides is 3. The Bertz CT molecular complexity index is 589. The topological polar surface area (TPSA) is 57.6 Å². The first-order chi connectivity index (χ1) is 11.8. The Hall–Kier alpha value is -2.05. The fourth-order valence-electron chi connectivity index (χ4n) is 3.31. The number of amides is 1. The van der Waals surface area contributed by atoms with Crippen LogP contribution in [0.25, 0.3) is 0 Å². The molecule has 1 fully saturated rings. The smallest absolute Gasteiger partial charge is 0.391 e. The molecule has 0 saturated heterocycles. The Balaban J connectivity index is 2.03. The zero-order valence-electron chi connectivity index (χ0n) is 13.8. The zero-order chi connectivity index (χ0) is 18.4. The number of hydrogen-bond acceptors (Lipinski definition) is 2. The van der Waals surface area contributed by atoms with Gasteiger partial charge in [0.2, 0.25) is 5.91 Å². The number of hydrogen-bond donors (Lipinski definition) is 1. The zero-order valence-corrected chi connectivity index (χ0v) is 13.8. The second kappa shape index (κ2) is 8.36. The third kappa shape index (κ3) is 5.76. The van der Waals surface area contributed by atoms with E-state index in [2.05, 4.69) is 0 Å². The molecule has 2 atom stereocenters. The molecule has 1 aliphatic rings. The Morgan fingerprint density at radius 1 is 1.16 bits per heavy atom. The molecule has 1 aromatic rings. The summed E-state index contributed by atoms with van der Waals surface area (Å²) in [5.41, 5.74) is 0.947. The average Bonchev–Trinajstić information content (AvgIpc) is 2.58. The summed E-state index contributed by atoms with van der Waals surface area (Å²) in [6, 6.07) is 9.26. The number of nitrogens with zero attached hydrogens (tertiary/aromatic N) is 1. The first-order valence-corrected chi connectivity index (χ1v) is 8.38. The van der Waals surface area contributed by atoms with E-state index in [9.17, 15) is 22.8 Å². The van der Waals surface area contributed by atoms with Gasteiger partial charge in [-0.1, -0.05) is 36.8 Å². The van der Waals surface area contributed by atoms with Crippen LogP contribution in [0.4, 0.5) is 13.2 Å². The molecule has 0 radical (unpaired) electrons. The molecule has 138 valence electrons. The highest BCUT2D eigenvalue weighted by Crippen LogP contribution is 2.40. The number of carboxylic acids is 1. The number of carbonyl (C=O) groups is 2. The predicted molar refractivity (Wildman–Crippen MR) is 85.9 cm³/mol. The lowest BCUT2D eigenvalue weighted by Gasteiger charge is -2.33. The SMILES string of the molecule is O=C(O)CN(CCc1ccccc1)C(=O)C1CCCC(C(F)(F)F)C1. The second-order valence-electron chi connectivity index (χ2n) is 6.49. The van der Waals surface area contributed by atoms with Crippen molar-refractivity contribution in [3.63, 3.8) is 0 Å². The Labute approximate surface area is 144 Å². The minimum Gasteiger partial charge on any atom is -0.480 e. The van der Waals surface area contributed by atoms with Crippen molar-refractivity contribution in [2.75, 3.05) is 13.1 Å². The summed E-state index contributed by atoms with van der Waals surface area (Å²) in [5, 5.41) is 9.04. The quantitative estimate of drug-likeness (QED) is 0.848. The monoisotopic (exact) mass is 357 g/mol. The Morgan fingerprint density at radius 2 is 1.84 bits per heavy atom. The van der Waals surface area contributed by atoms with Gasteiger partial charge < -0.3 is 10.0 Å². The van der Waals surface area contributed by atoms with Crippen LogP contribution in [0, 0.1) is 11.8 Å². The molecular weight excluding hydrogens is 335 g/mol. The molecule has 1 amide bonds. The van der Waals surface area contributed by atoms with Crippen LogP contribution >= 0.6 is 0 Å². The van der Waals surface area contributed by atoms with Crippen molar-refractivity contribution >= 4 is 11.9 Å². The van der Waals surface area contributed by atoms with Gasteiger partial charge in [0.25, 0.3) is 0 Å². The molecule has 0 aliphatic heterocycles. The molecule has 0 bridgehead atoms. The number of aliphatic carboxylic acids is 1. The molecule has 2 unspecified atom stereocenters. The molecule has 4 nitrogen and oxygen atoms in total. The normalized spacial score (nSPS) is 20.9. The lowest BCUT2D eigenvalue weighted by atomic mass is 9.80. The number of carboxylic acid groups (broad SMARTS) is 1. The van der Waals surface area contributed by atoms with E-state index in [1.54, 1.807) is 0 Å². The van der Waals surface area contributed by atoms with Crippen LogP contribution in [-0.2, 0) is 16.0 Å². The molecule has 0 heterocycles. The maximum absolute atomic E-state index is 12.9. The third-order valence-corrected chi connectivity index (χ3v) is 4.64. The van der Waals surface area contributed by atoms with Crippen molar-refractivity contribution in [2.45, 2.75) is 38.3 Å². The molecule has 1 aliphatic carbocycles. The highest BCUT2D eigenvalue weighted by Gasteiger charge is 2.44. The van der Waals surface area contributed by atoms with Gasteiger partial charge in [0.15, 0.2) is 0 Å².